The normalized spacial score (nSPS) is 12.1. The Morgan fingerprint density at radius 3 is 2.50 bits per heavy atom. The van der Waals surface area contributed by atoms with E-state index in [-0.39, 0.29) is 0 Å². The molecule has 0 saturated heterocycles. The van der Waals surface area contributed by atoms with Gasteiger partial charge in [-0.2, -0.15) is 0 Å². The molecule has 0 aliphatic carbocycles. The summed E-state index contributed by atoms with van der Waals surface area (Å²) in [5, 5.41) is 0. The summed E-state index contributed by atoms with van der Waals surface area (Å²) in [5.74, 6) is 2.57. The monoisotopic (exact) mass is 219 g/mol. The number of aromatic amines is 1. The largest absolute Gasteiger partial charge is 0.466 e. The van der Waals surface area contributed by atoms with Gasteiger partial charge in [0.15, 0.2) is 0 Å². The van der Waals surface area contributed by atoms with Crippen LogP contribution in [0.25, 0.3) is 11.3 Å². The van der Waals surface area contributed by atoms with E-state index in [2.05, 4.69) is 9.97 Å². The number of hydrogen-bond donors (Lipinski definition) is 2. The molecule has 0 amide bonds. The van der Waals surface area contributed by atoms with Crippen molar-refractivity contribution in [2.45, 2.75) is 33.2 Å². The van der Waals surface area contributed by atoms with Crippen LogP contribution in [0.3, 0.4) is 0 Å². The third-order valence-corrected chi connectivity index (χ3v) is 2.52. The number of imidazole rings is 1. The average Bonchev–Trinajstić information content (AvgIpc) is 2.70. The van der Waals surface area contributed by atoms with Crippen LogP contribution in [0.1, 0.15) is 31.2 Å². The number of aryl methyl sites for hydroxylation is 2. The molecule has 0 atom stereocenters. The maximum absolute atomic E-state index is 5.97. The molecule has 0 aliphatic rings. The third-order valence-electron chi connectivity index (χ3n) is 2.52. The van der Waals surface area contributed by atoms with Crippen molar-refractivity contribution in [3.63, 3.8) is 0 Å². The molecule has 0 unspecified atom stereocenters. The lowest BCUT2D eigenvalue weighted by Crippen LogP contribution is -2.30. The zero-order valence-electron chi connectivity index (χ0n) is 10.1. The molecule has 2 aromatic rings. The smallest absolute Gasteiger partial charge is 0.126 e. The van der Waals surface area contributed by atoms with Crippen LogP contribution in [-0.2, 0) is 5.54 Å². The first-order chi connectivity index (χ1) is 7.38. The Hall–Kier alpha value is -1.55. The molecule has 4 nitrogen and oxygen atoms in total. The highest BCUT2D eigenvalue weighted by molar-refractivity contribution is 5.61. The fourth-order valence-electron chi connectivity index (χ4n) is 1.68. The van der Waals surface area contributed by atoms with Crippen molar-refractivity contribution >= 4 is 0 Å². The lowest BCUT2D eigenvalue weighted by Gasteiger charge is -2.14. The average molecular weight is 219 g/mol. The quantitative estimate of drug-likeness (QED) is 0.815. The summed E-state index contributed by atoms with van der Waals surface area (Å²) in [7, 11) is 0. The van der Waals surface area contributed by atoms with E-state index in [1.165, 1.54) is 0 Å². The van der Waals surface area contributed by atoms with Gasteiger partial charge in [-0.25, -0.2) is 4.98 Å². The lowest BCUT2D eigenvalue weighted by atomic mass is 10.1. The van der Waals surface area contributed by atoms with Gasteiger partial charge in [-0.05, 0) is 33.8 Å². The summed E-state index contributed by atoms with van der Waals surface area (Å²) >= 11 is 0. The highest BCUT2D eigenvalue weighted by Gasteiger charge is 2.19. The third kappa shape index (κ3) is 1.88. The highest BCUT2D eigenvalue weighted by Crippen LogP contribution is 2.26. The van der Waals surface area contributed by atoms with Gasteiger partial charge in [-0.1, -0.05) is 0 Å². The van der Waals surface area contributed by atoms with Gasteiger partial charge in [0.1, 0.15) is 17.3 Å². The maximum atomic E-state index is 5.97. The van der Waals surface area contributed by atoms with Crippen molar-refractivity contribution in [3.05, 3.63) is 29.6 Å². The van der Waals surface area contributed by atoms with Gasteiger partial charge < -0.3 is 15.1 Å². The second-order valence-corrected chi connectivity index (χ2v) is 4.69. The van der Waals surface area contributed by atoms with Gasteiger partial charge in [-0.3, -0.25) is 0 Å². The fourth-order valence-corrected chi connectivity index (χ4v) is 1.68. The van der Waals surface area contributed by atoms with E-state index < -0.39 is 5.54 Å². The number of hydrogen-bond acceptors (Lipinski definition) is 3. The second kappa shape index (κ2) is 3.49. The molecule has 0 spiro atoms. The van der Waals surface area contributed by atoms with E-state index in [0.29, 0.717) is 0 Å². The standard InChI is InChI=1S/C12H17N3O/c1-7-5-9(8(2)16-7)10-6-14-11(15-10)12(3,4)13/h5-6H,13H2,1-4H3,(H,14,15). The molecule has 2 aromatic heterocycles. The van der Waals surface area contributed by atoms with Crippen LogP contribution in [0.15, 0.2) is 16.7 Å². The van der Waals surface area contributed by atoms with E-state index in [4.69, 9.17) is 10.2 Å². The van der Waals surface area contributed by atoms with Crippen LogP contribution in [0.4, 0.5) is 0 Å². The van der Waals surface area contributed by atoms with Gasteiger partial charge in [0, 0.05) is 5.56 Å². The van der Waals surface area contributed by atoms with Gasteiger partial charge in [0.25, 0.3) is 0 Å². The Bertz CT molecular complexity index is 503. The summed E-state index contributed by atoms with van der Waals surface area (Å²) in [6.45, 7) is 7.71. The minimum atomic E-state index is -0.453. The molecule has 0 fully saturated rings. The number of rotatable bonds is 2. The topological polar surface area (TPSA) is 67.8 Å². The summed E-state index contributed by atoms with van der Waals surface area (Å²) in [4.78, 5) is 7.52. The predicted molar refractivity (Wildman–Crippen MR) is 63.0 cm³/mol. The number of furan rings is 1. The number of nitrogens with one attached hydrogen (secondary N) is 1. The van der Waals surface area contributed by atoms with Gasteiger partial charge in [0.05, 0.1) is 17.4 Å². The van der Waals surface area contributed by atoms with Crippen LogP contribution >= 0.6 is 0 Å². The predicted octanol–water partition coefficient (Wildman–Crippen LogP) is 2.48. The molecule has 0 bridgehead atoms. The van der Waals surface area contributed by atoms with E-state index in [9.17, 15) is 0 Å². The molecule has 2 heterocycles. The number of nitrogens with zero attached hydrogens (tertiary/aromatic N) is 1. The highest BCUT2D eigenvalue weighted by atomic mass is 16.3. The van der Waals surface area contributed by atoms with E-state index >= 15 is 0 Å². The zero-order chi connectivity index (χ0) is 11.9. The molecule has 0 radical (unpaired) electrons. The Balaban J connectivity index is 2.43. The van der Waals surface area contributed by atoms with Gasteiger partial charge in [0.2, 0.25) is 0 Å². The van der Waals surface area contributed by atoms with Crippen molar-refractivity contribution < 1.29 is 4.42 Å². The van der Waals surface area contributed by atoms with Crippen molar-refractivity contribution in [1.82, 2.24) is 9.97 Å². The number of H-pyrrole nitrogens is 1. The van der Waals surface area contributed by atoms with Crippen LogP contribution in [0.5, 0.6) is 0 Å². The Morgan fingerprint density at radius 2 is 2.06 bits per heavy atom. The molecule has 0 aromatic carbocycles. The molecule has 0 aliphatic heterocycles. The number of nitrogens with two attached hydrogens (primary N) is 1. The van der Waals surface area contributed by atoms with Crippen molar-refractivity contribution in [2.75, 3.05) is 0 Å². The Kier molecular flexibility index (Phi) is 2.39. The van der Waals surface area contributed by atoms with Crippen LogP contribution < -0.4 is 5.73 Å². The first-order valence-corrected chi connectivity index (χ1v) is 5.29. The first kappa shape index (κ1) is 11.0. The molecule has 2 rings (SSSR count). The Labute approximate surface area is 94.9 Å². The van der Waals surface area contributed by atoms with Crippen molar-refractivity contribution in [3.8, 4) is 11.3 Å². The van der Waals surface area contributed by atoms with Crippen LogP contribution in [0, 0.1) is 13.8 Å². The first-order valence-electron chi connectivity index (χ1n) is 5.29. The molecule has 3 N–H and O–H groups in total. The molecule has 16 heavy (non-hydrogen) atoms. The van der Waals surface area contributed by atoms with Gasteiger partial charge in [-0.15, -0.1) is 0 Å². The van der Waals surface area contributed by atoms with Crippen LogP contribution in [0.2, 0.25) is 0 Å². The van der Waals surface area contributed by atoms with Crippen LogP contribution in [-0.4, -0.2) is 9.97 Å². The summed E-state index contributed by atoms with van der Waals surface area (Å²) in [6.07, 6.45) is 1.79. The van der Waals surface area contributed by atoms with Crippen molar-refractivity contribution in [1.29, 1.82) is 0 Å². The SMILES string of the molecule is Cc1cc(-c2cnc(C(C)(C)N)[nH]2)c(C)o1. The summed E-state index contributed by atoms with van der Waals surface area (Å²) in [5.41, 5.74) is 7.51. The molecular formula is C12H17N3O. The molecule has 4 heteroatoms. The summed E-state index contributed by atoms with van der Waals surface area (Å²) in [6, 6.07) is 2.00. The second-order valence-electron chi connectivity index (χ2n) is 4.69. The fraction of sp³-hybridized carbons (Fsp3) is 0.417. The maximum Gasteiger partial charge on any atom is 0.126 e. The van der Waals surface area contributed by atoms with E-state index in [1.54, 1.807) is 6.20 Å². The Morgan fingerprint density at radius 1 is 1.38 bits per heavy atom. The molecule has 86 valence electrons. The minimum Gasteiger partial charge on any atom is -0.466 e. The molecular weight excluding hydrogens is 202 g/mol. The number of aromatic nitrogens is 2. The van der Waals surface area contributed by atoms with E-state index in [1.807, 2.05) is 33.8 Å². The summed E-state index contributed by atoms with van der Waals surface area (Å²) < 4.78 is 5.48. The lowest BCUT2D eigenvalue weighted by molar-refractivity contribution is 0.505. The van der Waals surface area contributed by atoms with Gasteiger partial charge >= 0.3 is 0 Å². The molecule has 0 saturated carbocycles. The van der Waals surface area contributed by atoms with E-state index in [0.717, 1.165) is 28.6 Å². The minimum absolute atomic E-state index is 0.453. The zero-order valence-corrected chi connectivity index (χ0v) is 10.1. The van der Waals surface area contributed by atoms with Crippen molar-refractivity contribution in [2.24, 2.45) is 5.73 Å².